The zero-order valence-corrected chi connectivity index (χ0v) is 10.2. The number of non-ortho nitro benzene ring substituents is 1. The number of nitrogens with zero attached hydrogens (tertiary/aromatic N) is 2. The molecule has 8 heteroatoms. The minimum atomic E-state index is -1.06. The van der Waals surface area contributed by atoms with Crippen LogP contribution in [0.1, 0.15) is 0 Å². The monoisotopic (exact) mass is 272 g/mol. The number of hydrogen-bond donors (Lipinski definition) is 3. The fourth-order valence-corrected chi connectivity index (χ4v) is 1.35. The minimum absolute atomic E-state index is 0.0827. The van der Waals surface area contributed by atoms with Crippen LogP contribution in [0.2, 0.25) is 0 Å². The molecule has 1 aromatic rings. The summed E-state index contributed by atoms with van der Waals surface area (Å²) in [6, 6.07) is 5.70. The third-order valence-electron chi connectivity index (χ3n) is 2.27. The molecule has 1 atom stereocenters. The van der Waals surface area contributed by atoms with Gasteiger partial charge in [-0.1, -0.05) is 6.07 Å². The van der Waals surface area contributed by atoms with E-state index in [1.807, 2.05) is 0 Å². The molecule has 0 radical (unpaired) electrons. The van der Waals surface area contributed by atoms with Gasteiger partial charge in [0.25, 0.3) is 5.69 Å². The lowest BCUT2D eigenvalue weighted by atomic mass is 10.3. The fourth-order valence-electron chi connectivity index (χ4n) is 1.35. The van der Waals surface area contributed by atoms with Gasteiger partial charge in [-0.15, -0.1) is 0 Å². The van der Waals surface area contributed by atoms with E-state index in [9.17, 15) is 15.2 Å². The number of anilines is 1. The van der Waals surface area contributed by atoms with Crippen molar-refractivity contribution >= 4 is 11.4 Å². The van der Waals surface area contributed by atoms with Gasteiger partial charge in [-0.05, 0) is 6.07 Å². The molecule has 0 aromatic heterocycles. The summed E-state index contributed by atoms with van der Waals surface area (Å²) >= 11 is 0. The summed E-state index contributed by atoms with van der Waals surface area (Å²) < 4.78 is 0. The van der Waals surface area contributed by atoms with Gasteiger partial charge in [0, 0.05) is 12.1 Å². The molecule has 0 heterocycles. The molecule has 19 heavy (non-hydrogen) atoms. The zero-order chi connectivity index (χ0) is 14.3. The molecule has 0 aliphatic rings. The summed E-state index contributed by atoms with van der Waals surface area (Å²) in [7, 11) is 0. The van der Waals surface area contributed by atoms with Crippen LogP contribution < -0.4 is 5.06 Å². The van der Waals surface area contributed by atoms with Crippen LogP contribution in [0, 0.1) is 10.1 Å². The summed E-state index contributed by atoms with van der Waals surface area (Å²) in [6.07, 6.45) is -1.06. The Balaban J connectivity index is 2.79. The largest absolute Gasteiger partial charge is 0.394 e. The van der Waals surface area contributed by atoms with Crippen LogP contribution in [-0.2, 0) is 4.84 Å². The lowest BCUT2D eigenvalue weighted by molar-refractivity contribution is -0.384. The van der Waals surface area contributed by atoms with E-state index in [1.54, 1.807) is 6.07 Å². The summed E-state index contributed by atoms with van der Waals surface area (Å²) in [4.78, 5) is 15.3. The van der Waals surface area contributed by atoms with Gasteiger partial charge in [0.15, 0.2) is 0 Å². The maximum atomic E-state index is 10.7. The predicted molar refractivity (Wildman–Crippen MR) is 66.6 cm³/mol. The highest BCUT2D eigenvalue weighted by atomic mass is 16.7. The molecule has 3 N–H and O–H groups in total. The lowest BCUT2D eigenvalue weighted by Gasteiger charge is -2.23. The molecule has 0 aliphatic carbocycles. The molecule has 1 aromatic carbocycles. The molecule has 8 nitrogen and oxygen atoms in total. The molecule has 0 bridgehead atoms. The maximum absolute atomic E-state index is 10.7. The third kappa shape index (κ3) is 4.79. The molecule has 0 fully saturated rings. The van der Waals surface area contributed by atoms with Gasteiger partial charge in [0.05, 0.1) is 30.4 Å². The van der Waals surface area contributed by atoms with Gasteiger partial charge in [-0.2, -0.15) is 0 Å². The van der Waals surface area contributed by atoms with Crippen LogP contribution in [0.25, 0.3) is 0 Å². The van der Waals surface area contributed by atoms with E-state index >= 15 is 0 Å². The number of nitro benzene ring substituents is 1. The predicted octanol–water partition coefficient (Wildman–Crippen LogP) is -0.322. The van der Waals surface area contributed by atoms with Crippen LogP contribution in [-0.4, -0.2) is 52.7 Å². The van der Waals surface area contributed by atoms with Crippen LogP contribution in [0.15, 0.2) is 24.3 Å². The average molecular weight is 272 g/mol. The smallest absolute Gasteiger partial charge is 0.271 e. The Morgan fingerprint density at radius 3 is 2.74 bits per heavy atom. The quantitative estimate of drug-likeness (QED) is 0.438. The van der Waals surface area contributed by atoms with E-state index in [1.165, 1.54) is 23.3 Å². The van der Waals surface area contributed by atoms with Crippen molar-refractivity contribution in [2.75, 3.05) is 31.4 Å². The summed E-state index contributed by atoms with van der Waals surface area (Å²) in [5, 5.41) is 38.7. The molecule has 106 valence electrons. The van der Waals surface area contributed by atoms with Crippen molar-refractivity contribution in [3.63, 3.8) is 0 Å². The molecule has 1 rings (SSSR count). The van der Waals surface area contributed by atoms with E-state index in [2.05, 4.69) is 0 Å². The molecule has 0 saturated heterocycles. The number of nitro groups is 1. The Hall–Kier alpha value is -1.74. The zero-order valence-electron chi connectivity index (χ0n) is 10.2. The van der Waals surface area contributed by atoms with Crippen molar-refractivity contribution in [2.24, 2.45) is 0 Å². The SMILES string of the molecule is O=[N+]([O-])c1cccc(N(CCO)OCC(O)CO)c1. The Morgan fingerprint density at radius 1 is 1.42 bits per heavy atom. The summed E-state index contributed by atoms with van der Waals surface area (Å²) in [5.41, 5.74) is 0.278. The number of rotatable bonds is 8. The first-order valence-electron chi connectivity index (χ1n) is 5.63. The number of aliphatic hydroxyl groups is 3. The third-order valence-corrected chi connectivity index (χ3v) is 2.27. The van der Waals surface area contributed by atoms with Crippen molar-refractivity contribution in [3.8, 4) is 0 Å². The molecule has 0 saturated carbocycles. The Kier molecular flexibility index (Phi) is 6.16. The Morgan fingerprint density at radius 2 is 2.16 bits per heavy atom. The van der Waals surface area contributed by atoms with Crippen molar-refractivity contribution in [3.05, 3.63) is 34.4 Å². The Labute approximate surface area is 109 Å². The number of hydroxylamine groups is 1. The highest BCUT2D eigenvalue weighted by molar-refractivity contribution is 5.51. The van der Waals surface area contributed by atoms with Gasteiger partial charge in [0.2, 0.25) is 0 Å². The van der Waals surface area contributed by atoms with Gasteiger partial charge in [-0.25, -0.2) is 0 Å². The standard InChI is InChI=1S/C11H16N2O6/c14-5-4-12(19-8-11(16)7-15)9-2-1-3-10(6-9)13(17)18/h1-3,6,11,14-16H,4-5,7-8H2. The Bertz CT molecular complexity index is 414. The topological polar surface area (TPSA) is 116 Å². The van der Waals surface area contributed by atoms with Gasteiger partial charge < -0.3 is 15.3 Å². The van der Waals surface area contributed by atoms with Gasteiger partial charge in [0.1, 0.15) is 12.7 Å². The van der Waals surface area contributed by atoms with Crippen LogP contribution in [0.4, 0.5) is 11.4 Å². The van der Waals surface area contributed by atoms with E-state index in [4.69, 9.17) is 15.1 Å². The number of hydrogen-bond acceptors (Lipinski definition) is 7. The molecule has 0 amide bonds. The number of aliphatic hydroxyl groups excluding tert-OH is 3. The van der Waals surface area contributed by atoms with Crippen molar-refractivity contribution < 1.29 is 25.1 Å². The highest BCUT2D eigenvalue weighted by Crippen LogP contribution is 2.21. The second-order valence-electron chi connectivity index (χ2n) is 3.73. The van der Waals surface area contributed by atoms with Crippen molar-refractivity contribution in [1.82, 2.24) is 0 Å². The van der Waals surface area contributed by atoms with Crippen LogP contribution >= 0.6 is 0 Å². The molecular formula is C11H16N2O6. The first-order valence-corrected chi connectivity index (χ1v) is 5.63. The highest BCUT2D eigenvalue weighted by Gasteiger charge is 2.13. The summed E-state index contributed by atoms with van der Waals surface area (Å²) in [6.45, 7) is -0.779. The van der Waals surface area contributed by atoms with E-state index in [0.717, 1.165) is 0 Å². The first kappa shape index (κ1) is 15.3. The van der Waals surface area contributed by atoms with E-state index in [0.29, 0.717) is 5.69 Å². The minimum Gasteiger partial charge on any atom is -0.394 e. The summed E-state index contributed by atoms with van der Waals surface area (Å²) in [5.74, 6) is 0. The number of benzene rings is 1. The van der Waals surface area contributed by atoms with Crippen molar-refractivity contribution in [2.45, 2.75) is 6.10 Å². The molecule has 0 aliphatic heterocycles. The molecule has 0 spiro atoms. The lowest BCUT2D eigenvalue weighted by Crippen LogP contribution is -2.32. The van der Waals surface area contributed by atoms with Crippen molar-refractivity contribution in [1.29, 1.82) is 0 Å². The second kappa shape index (κ2) is 7.64. The van der Waals surface area contributed by atoms with E-state index in [-0.39, 0.29) is 25.4 Å². The normalized spacial score (nSPS) is 12.2. The maximum Gasteiger partial charge on any atom is 0.271 e. The second-order valence-corrected chi connectivity index (χ2v) is 3.73. The van der Waals surface area contributed by atoms with Crippen LogP contribution in [0.3, 0.4) is 0 Å². The average Bonchev–Trinajstić information content (AvgIpc) is 2.43. The fraction of sp³-hybridized carbons (Fsp3) is 0.455. The van der Waals surface area contributed by atoms with Gasteiger partial charge in [-0.3, -0.25) is 20.0 Å². The molecule has 1 unspecified atom stereocenters. The molecular weight excluding hydrogens is 256 g/mol. The van der Waals surface area contributed by atoms with E-state index < -0.39 is 17.6 Å². The van der Waals surface area contributed by atoms with Crippen LogP contribution in [0.5, 0.6) is 0 Å². The van der Waals surface area contributed by atoms with Gasteiger partial charge >= 0.3 is 0 Å². The first-order chi connectivity index (χ1) is 9.08.